The van der Waals surface area contributed by atoms with Crippen molar-refractivity contribution in [3.05, 3.63) is 0 Å². The van der Waals surface area contributed by atoms with E-state index in [2.05, 4.69) is 48.4 Å². The first-order chi connectivity index (χ1) is 10.9. The molecule has 23 heavy (non-hydrogen) atoms. The molecule has 5 nitrogen and oxygen atoms in total. The van der Waals surface area contributed by atoms with E-state index in [1.165, 1.54) is 32.1 Å². The van der Waals surface area contributed by atoms with Gasteiger partial charge in [-0.1, -0.05) is 26.7 Å². The van der Waals surface area contributed by atoms with Crippen LogP contribution in [-0.4, -0.2) is 68.7 Å². The molecule has 1 aliphatic carbocycles. The van der Waals surface area contributed by atoms with Gasteiger partial charge >= 0.3 is 6.03 Å². The summed E-state index contributed by atoms with van der Waals surface area (Å²) in [5, 5.41) is 6.23. The number of piperazine rings is 1. The normalized spacial score (nSPS) is 25.7. The number of urea groups is 1. The van der Waals surface area contributed by atoms with E-state index in [1.54, 1.807) is 0 Å². The van der Waals surface area contributed by atoms with E-state index >= 15 is 0 Å². The summed E-state index contributed by atoms with van der Waals surface area (Å²) in [5.74, 6) is 0.699. The van der Waals surface area contributed by atoms with Crippen molar-refractivity contribution in [2.75, 3.05) is 46.8 Å². The number of hydrogen-bond acceptors (Lipinski definition) is 3. The fourth-order valence-corrected chi connectivity index (χ4v) is 4.31. The zero-order valence-corrected chi connectivity index (χ0v) is 15.5. The second-order valence-corrected chi connectivity index (χ2v) is 8.27. The molecule has 5 heteroatoms. The Labute approximate surface area is 142 Å². The maximum atomic E-state index is 12.2. The molecule has 2 rings (SSSR count). The second kappa shape index (κ2) is 8.34. The fraction of sp³-hybridized carbons (Fsp3) is 0.944. The van der Waals surface area contributed by atoms with Gasteiger partial charge in [0, 0.05) is 38.8 Å². The topological polar surface area (TPSA) is 47.6 Å². The molecule has 0 aromatic rings. The Hall–Kier alpha value is -0.810. The van der Waals surface area contributed by atoms with Gasteiger partial charge in [-0.15, -0.1) is 0 Å². The molecule has 0 spiro atoms. The van der Waals surface area contributed by atoms with E-state index < -0.39 is 0 Å². The summed E-state index contributed by atoms with van der Waals surface area (Å²) in [6, 6.07) is 0.414. The van der Waals surface area contributed by atoms with Gasteiger partial charge in [0.2, 0.25) is 0 Å². The van der Waals surface area contributed by atoms with E-state index in [-0.39, 0.29) is 6.03 Å². The zero-order valence-electron chi connectivity index (χ0n) is 15.5. The summed E-state index contributed by atoms with van der Waals surface area (Å²) < 4.78 is 0. The minimum atomic E-state index is 0.00153. The molecular weight excluding hydrogens is 288 g/mol. The number of hydrogen-bond donors (Lipinski definition) is 2. The van der Waals surface area contributed by atoms with Crippen molar-refractivity contribution in [3.8, 4) is 0 Å². The highest BCUT2D eigenvalue weighted by Crippen LogP contribution is 2.42. The Morgan fingerprint density at radius 1 is 1.17 bits per heavy atom. The van der Waals surface area contributed by atoms with E-state index in [1.807, 2.05) is 0 Å². The number of rotatable bonds is 6. The lowest BCUT2D eigenvalue weighted by Crippen LogP contribution is -2.55. The van der Waals surface area contributed by atoms with Crippen LogP contribution in [0.4, 0.5) is 4.79 Å². The van der Waals surface area contributed by atoms with Crippen LogP contribution >= 0.6 is 0 Å². The van der Waals surface area contributed by atoms with Crippen molar-refractivity contribution in [2.24, 2.45) is 11.3 Å². The quantitative estimate of drug-likeness (QED) is 0.787. The molecule has 1 aliphatic heterocycles. The predicted molar refractivity (Wildman–Crippen MR) is 95.7 cm³/mol. The van der Waals surface area contributed by atoms with Gasteiger partial charge in [-0.2, -0.15) is 0 Å². The summed E-state index contributed by atoms with van der Waals surface area (Å²) in [5.41, 5.74) is 0.341. The average Bonchev–Trinajstić information content (AvgIpc) is 2.94. The summed E-state index contributed by atoms with van der Waals surface area (Å²) in [4.78, 5) is 16.9. The standard InChI is InChI=1S/C18H36N4O/c1-15(2)11-18(7-5-6-8-18)14-20-17(23)19-12-16-13-21(3)9-10-22(16)4/h15-16H,5-14H2,1-4H3,(H2,19,20,23). The third kappa shape index (κ3) is 5.64. The Morgan fingerprint density at radius 2 is 1.87 bits per heavy atom. The average molecular weight is 325 g/mol. The van der Waals surface area contributed by atoms with Crippen LogP contribution in [0.25, 0.3) is 0 Å². The van der Waals surface area contributed by atoms with Gasteiger partial charge in [-0.25, -0.2) is 4.79 Å². The highest BCUT2D eigenvalue weighted by Gasteiger charge is 2.34. The lowest BCUT2D eigenvalue weighted by atomic mass is 9.78. The van der Waals surface area contributed by atoms with Gasteiger partial charge in [-0.3, -0.25) is 4.90 Å². The third-order valence-corrected chi connectivity index (χ3v) is 5.61. The van der Waals surface area contributed by atoms with E-state index in [9.17, 15) is 4.79 Å². The SMILES string of the molecule is CC(C)CC1(CNC(=O)NCC2CN(C)CCN2C)CCCC1. The molecule has 2 fully saturated rings. The smallest absolute Gasteiger partial charge is 0.314 e. The van der Waals surface area contributed by atoms with Crippen LogP contribution in [0.1, 0.15) is 46.0 Å². The lowest BCUT2D eigenvalue weighted by Gasteiger charge is -2.37. The maximum Gasteiger partial charge on any atom is 0.314 e. The molecule has 2 amide bonds. The van der Waals surface area contributed by atoms with Crippen molar-refractivity contribution in [1.29, 1.82) is 0 Å². The van der Waals surface area contributed by atoms with Gasteiger partial charge < -0.3 is 15.5 Å². The molecule has 2 aliphatic rings. The summed E-state index contributed by atoms with van der Waals surface area (Å²) in [6.45, 7) is 9.33. The van der Waals surface area contributed by atoms with Gasteiger partial charge in [0.25, 0.3) is 0 Å². The lowest BCUT2D eigenvalue weighted by molar-refractivity contribution is 0.114. The van der Waals surface area contributed by atoms with Crippen LogP contribution in [-0.2, 0) is 0 Å². The van der Waals surface area contributed by atoms with Crippen LogP contribution in [0.2, 0.25) is 0 Å². The molecule has 2 N–H and O–H groups in total. The Morgan fingerprint density at radius 3 is 2.52 bits per heavy atom. The van der Waals surface area contributed by atoms with Crippen LogP contribution < -0.4 is 10.6 Å². The highest BCUT2D eigenvalue weighted by molar-refractivity contribution is 5.73. The number of carbonyl (C=O) groups excluding carboxylic acids is 1. The Balaban J connectivity index is 1.73. The van der Waals surface area contributed by atoms with Gasteiger partial charge in [0.15, 0.2) is 0 Å². The molecule has 0 aromatic carbocycles. The molecule has 1 heterocycles. The first kappa shape index (κ1) is 18.5. The largest absolute Gasteiger partial charge is 0.338 e. The van der Waals surface area contributed by atoms with Crippen molar-refractivity contribution >= 4 is 6.03 Å². The molecule has 1 saturated heterocycles. The van der Waals surface area contributed by atoms with Crippen LogP contribution in [0.15, 0.2) is 0 Å². The molecule has 1 unspecified atom stereocenters. The van der Waals surface area contributed by atoms with Gasteiger partial charge in [0.1, 0.15) is 0 Å². The molecule has 0 bridgehead atoms. The first-order valence-corrected chi connectivity index (χ1v) is 9.31. The van der Waals surface area contributed by atoms with Crippen molar-refractivity contribution in [3.63, 3.8) is 0 Å². The molecule has 0 radical (unpaired) electrons. The second-order valence-electron chi connectivity index (χ2n) is 8.27. The predicted octanol–water partition coefficient (Wildman–Crippen LogP) is 2.14. The van der Waals surface area contributed by atoms with Crippen LogP contribution in [0.5, 0.6) is 0 Å². The molecule has 1 saturated carbocycles. The summed E-state index contributed by atoms with van der Waals surface area (Å²) >= 11 is 0. The molecular formula is C18H36N4O. The highest BCUT2D eigenvalue weighted by atomic mass is 16.2. The molecule has 134 valence electrons. The van der Waals surface area contributed by atoms with E-state index in [0.717, 1.165) is 32.7 Å². The van der Waals surface area contributed by atoms with Crippen LogP contribution in [0.3, 0.4) is 0 Å². The van der Waals surface area contributed by atoms with Gasteiger partial charge in [0.05, 0.1) is 0 Å². The van der Waals surface area contributed by atoms with Crippen molar-refractivity contribution in [2.45, 2.75) is 52.0 Å². The Bertz CT molecular complexity index is 379. The molecule has 0 aromatic heterocycles. The van der Waals surface area contributed by atoms with Crippen molar-refractivity contribution in [1.82, 2.24) is 20.4 Å². The maximum absolute atomic E-state index is 12.2. The van der Waals surface area contributed by atoms with E-state index in [0.29, 0.717) is 17.4 Å². The minimum Gasteiger partial charge on any atom is -0.338 e. The van der Waals surface area contributed by atoms with Crippen LogP contribution in [0, 0.1) is 11.3 Å². The fourth-order valence-electron chi connectivity index (χ4n) is 4.31. The van der Waals surface area contributed by atoms with Gasteiger partial charge in [-0.05, 0) is 44.7 Å². The number of carbonyl (C=O) groups is 1. The monoisotopic (exact) mass is 324 g/mol. The number of nitrogens with zero attached hydrogens (tertiary/aromatic N) is 2. The summed E-state index contributed by atoms with van der Waals surface area (Å²) in [6.07, 6.45) is 6.39. The molecule has 1 atom stereocenters. The Kier molecular flexibility index (Phi) is 6.72. The van der Waals surface area contributed by atoms with Crippen molar-refractivity contribution < 1.29 is 4.79 Å². The minimum absolute atomic E-state index is 0.00153. The zero-order chi connectivity index (χ0) is 16.9. The number of likely N-dealkylation sites (N-methyl/N-ethyl adjacent to an activating group) is 2. The van der Waals surface area contributed by atoms with E-state index in [4.69, 9.17) is 0 Å². The number of nitrogens with one attached hydrogen (secondary N) is 2. The summed E-state index contributed by atoms with van der Waals surface area (Å²) in [7, 11) is 4.29. The number of amides is 2. The first-order valence-electron chi connectivity index (χ1n) is 9.31. The third-order valence-electron chi connectivity index (χ3n) is 5.61.